The molecule has 4 aromatic rings. The molecule has 2 aliphatic rings. The van der Waals surface area contributed by atoms with Gasteiger partial charge in [-0.1, -0.05) is 0 Å². The SMILES string of the molecule is CO[C@H]1[C@H](n2cnc3c(N)ncnc32)OC(C)(COP(O)(=S)[C@@H]2[C@H](O)[C@@H](CO)S[C@H]2n2cnc3c(=O)[nH]c(N)nc32)[C@H]1O. The van der Waals surface area contributed by atoms with Gasteiger partial charge in [-0.15, -0.1) is 11.8 Å². The maximum atomic E-state index is 12.4. The minimum atomic E-state index is -3.95. The lowest BCUT2D eigenvalue weighted by molar-refractivity contribution is -0.111. The van der Waals surface area contributed by atoms with Crippen molar-refractivity contribution in [2.24, 2.45) is 0 Å². The Morgan fingerprint density at radius 2 is 1.91 bits per heavy atom. The van der Waals surface area contributed by atoms with E-state index in [1.807, 2.05) is 0 Å². The number of nitrogens with one attached hydrogen (secondary N) is 1. The first-order chi connectivity index (χ1) is 20.4. The molecule has 21 heteroatoms. The zero-order valence-corrected chi connectivity index (χ0v) is 25.2. The fraction of sp³-hybridized carbons (Fsp3) is 0.545. The van der Waals surface area contributed by atoms with Gasteiger partial charge in [-0.05, 0) is 18.7 Å². The molecule has 0 aliphatic carbocycles. The number of aliphatic hydroxyl groups excluding tert-OH is 3. The molecule has 0 radical (unpaired) electrons. The minimum Gasteiger partial charge on any atom is -0.395 e. The quantitative estimate of drug-likeness (QED) is 0.106. The van der Waals surface area contributed by atoms with E-state index in [0.29, 0.717) is 11.2 Å². The Morgan fingerprint density at radius 1 is 1.19 bits per heavy atom. The second-order valence-corrected chi connectivity index (χ2v) is 15.3. The van der Waals surface area contributed by atoms with Crippen LogP contribution in [0.2, 0.25) is 0 Å². The first-order valence-electron chi connectivity index (χ1n) is 12.9. The number of hydrogen-bond acceptors (Lipinski definition) is 16. The van der Waals surface area contributed by atoms with Crippen molar-refractivity contribution in [1.29, 1.82) is 0 Å². The molecule has 2 unspecified atom stereocenters. The molecule has 9 N–H and O–H groups in total. The fourth-order valence-electron chi connectivity index (χ4n) is 5.45. The zero-order chi connectivity index (χ0) is 30.8. The third-order valence-electron chi connectivity index (χ3n) is 7.70. The largest absolute Gasteiger partial charge is 0.395 e. The van der Waals surface area contributed by atoms with Gasteiger partial charge < -0.3 is 50.2 Å². The lowest BCUT2D eigenvalue weighted by Crippen LogP contribution is -2.45. The van der Waals surface area contributed by atoms with Crippen LogP contribution >= 0.6 is 18.3 Å². The molecular weight excluding hydrogens is 627 g/mol. The number of nitrogen functional groups attached to an aromatic ring is 2. The number of ether oxygens (including phenoxy) is 2. The predicted molar refractivity (Wildman–Crippen MR) is 157 cm³/mol. The number of aromatic nitrogens is 8. The van der Waals surface area contributed by atoms with E-state index in [9.17, 15) is 25.0 Å². The van der Waals surface area contributed by atoms with Crippen LogP contribution in [-0.2, 0) is 25.8 Å². The van der Waals surface area contributed by atoms with Gasteiger partial charge in [0.05, 0.1) is 48.3 Å². The van der Waals surface area contributed by atoms with Gasteiger partial charge in [0.1, 0.15) is 29.7 Å². The molecule has 0 bridgehead atoms. The maximum absolute atomic E-state index is 12.4. The fourth-order valence-corrected chi connectivity index (χ4v) is 10.4. The minimum absolute atomic E-state index is 0.00617. The van der Waals surface area contributed by atoms with Crippen molar-refractivity contribution in [2.75, 3.05) is 31.8 Å². The van der Waals surface area contributed by atoms with Crippen LogP contribution in [0.4, 0.5) is 11.8 Å². The number of methoxy groups -OCH3 is 1. The van der Waals surface area contributed by atoms with Crippen LogP contribution in [0.25, 0.3) is 22.3 Å². The van der Waals surface area contributed by atoms with E-state index in [0.717, 1.165) is 11.8 Å². The van der Waals surface area contributed by atoms with Crippen molar-refractivity contribution in [2.45, 2.75) is 53.3 Å². The van der Waals surface area contributed by atoms with Gasteiger partial charge in [0.25, 0.3) is 5.56 Å². The molecule has 232 valence electrons. The molecule has 0 aromatic carbocycles. The van der Waals surface area contributed by atoms with Gasteiger partial charge in [-0.3, -0.25) is 14.3 Å². The summed E-state index contributed by atoms with van der Waals surface area (Å²) in [4.78, 5) is 47.1. The number of imidazole rings is 2. The van der Waals surface area contributed by atoms with Gasteiger partial charge in [0.15, 0.2) is 35.3 Å². The summed E-state index contributed by atoms with van der Waals surface area (Å²) in [5, 5.41) is 30.8. The molecule has 2 saturated heterocycles. The highest BCUT2D eigenvalue weighted by Crippen LogP contribution is 2.62. The number of aliphatic hydroxyl groups is 3. The van der Waals surface area contributed by atoms with Gasteiger partial charge in [0, 0.05) is 7.11 Å². The highest BCUT2D eigenvalue weighted by Gasteiger charge is 2.56. The summed E-state index contributed by atoms with van der Waals surface area (Å²) in [5.41, 5.74) is 9.30. The average molecular weight is 657 g/mol. The third kappa shape index (κ3) is 4.91. The number of thioether (sulfide) groups is 1. The van der Waals surface area contributed by atoms with E-state index in [1.54, 1.807) is 11.5 Å². The Bertz CT molecular complexity index is 1790. The van der Waals surface area contributed by atoms with E-state index in [4.69, 9.17) is 37.3 Å². The van der Waals surface area contributed by atoms with Crippen LogP contribution in [0.3, 0.4) is 0 Å². The number of rotatable bonds is 8. The van der Waals surface area contributed by atoms with E-state index in [1.165, 1.54) is 30.7 Å². The van der Waals surface area contributed by atoms with Crippen LogP contribution < -0.4 is 17.0 Å². The Kier molecular flexibility index (Phi) is 7.73. The number of fused-ring (bicyclic) bond motifs is 2. The first-order valence-corrected chi connectivity index (χ1v) is 16.5. The molecule has 4 aromatic heterocycles. The van der Waals surface area contributed by atoms with E-state index in [-0.39, 0.29) is 22.9 Å². The predicted octanol–water partition coefficient (Wildman–Crippen LogP) is -1.56. The second-order valence-electron chi connectivity index (χ2n) is 10.4. The highest BCUT2D eigenvalue weighted by molar-refractivity contribution is 8.10. The molecule has 0 saturated carbocycles. The lowest BCUT2D eigenvalue weighted by atomic mass is 9.98. The summed E-state index contributed by atoms with van der Waals surface area (Å²) < 4.78 is 20.8. The van der Waals surface area contributed by atoms with Crippen molar-refractivity contribution >= 4 is 64.2 Å². The number of H-pyrrole nitrogens is 1. The highest BCUT2D eigenvalue weighted by atomic mass is 32.5. The number of anilines is 2. The van der Waals surface area contributed by atoms with Gasteiger partial charge in [-0.2, -0.15) is 4.98 Å². The van der Waals surface area contributed by atoms with Gasteiger partial charge in [-0.25, -0.2) is 19.9 Å². The lowest BCUT2D eigenvalue weighted by Gasteiger charge is -2.34. The Hall–Kier alpha value is -2.78. The maximum Gasteiger partial charge on any atom is 0.280 e. The third-order valence-corrected chi connectivity index (χ3v) is 12.4. The molecule has 9 atom stereocenters. The van der Waals surface area contributed by atoms with Crippen molar-refractivity contribution in [1.82, 2.24) is 39.0 Å². The monoisotopic (exact) mass is 656 g/mol. The number of nitrogens with zero attached hydrogens (tertiary/aromatic N) is 7. The molecule has 6 rings (SSSR count). The average Bonchev–Trinajstić information content (AvgIpc) is 3.71. The van der Waals surface area contributed by atoms with E-state index >= 15 is 0 Å². The van der Waals surface area contributed by atoms with Crippen LogP contribution in [0.1, 0.15) is 18.5 Å². The summed E-state index contributed by atoms with van der Waals surface area (Å²) in [6.45, 7) is -3.22. The Balaban J connectivity index is 1.29. The van der Waals surface area contributed by atoms with Crippen LogP contribution in [0, 0.1) is 0 Å². The smallest absolute Gasteiger partial charge is 0.280 e. The van der Waals surface area contributed by atoms with Gasteiger partial charge in [0.2, 0.25) is 5.95 Å². The Morgan fingerprint density at radius 3 is 2.63 bits per heavy atom. The number of nitrogens with two attached hydrogens (primary N) is 2. The normalized spacial score (nSPS) is 32.6. The molecule has 18 nitrogen and oxygen atoms in total. The van der Waals surface area contributed by atoms with Crippen molar-refractivity contribution in [3.63, 3.8) is 0 Å². The van der Waals surface area contributed by atoms with Crippen molar-refractivity contribution < 1.29 is 34.2 Å². The molecule has 2 fully saturated rings. The summed E-state index contributed by atoms with van der Waals surface area (Å²) >= 11 is 6.72. The topological polar surface area (TPSA) is 268 Å². The first kappa shape index (κ1) is 30.3. The van der Waals surface area contributed by atoms with Crippen molar-refractivity contribution in [3.8, 4) is 0 Å². The van der Waals surface area contributed by atoms with Crippen LogP contribution in [0.15, 0.2) is 23.8 Å². The number of hydrogen-bond donors (Lipinski definition) is 7. The zero-order valence-electron chi connectivity index (χ0n) is 22.7. The standard InChI is InChI=1S/C22H29N10O8PS2/c1-22(14(35)12(38-2)19(40-22)31-6-27-9-15(23)25-5-26-16(9)31)4-39-41(37,42)13-11(34)8(3-33)43-20(13)32-7-28-10-17(32)29-21(24)30-18(10)36/h5-8,11-14,19-20,33-35H,3-4H2,1-2H3,(H,37,42)(H2,23,25,26)(H3,24,29,30,36)/t8-,11-,12-,13-,14+,19-,20-,22?,41?/m1/s1. The molecule has 0 amide bonds. The van der Waals surface area contributed by atoms with Crippen LogP contribution in [-0.4, -0.2) is 114 Å². The number of aromatic amines is 1. The van der Waals surface area contributed by atoms with Gasteiger partial charge >= 0.3 is 0 Å². The van der Waals surface area contributed by atoms with Crippen LogP contribution in [0.5, 0.6) is 0 Å². The molecule has 43 heavy (non-hydrogen) atoms. The molecule has 0 spiro atoms. The second kappa shape index (κ2) is 11.0. The summed E-state index contributed by atoms with van der Waals surface area (Å²) in [6.07, 6.45) is -0.373. The summed E-state index contributed by atoms with van der Waals surface area (Å²) in [6, 6.07) is 0. The van der Waals surface area contributed by atoms with Crippen molar-refractivity contribution in [3.05, 3.63) is 29.3 Å². The summed E-state index contributed by atoms with van der Waals surface area (Å²) in [5.74, 6) is 0.0142. The summed E-state index contributed by atoms with van der Waals surface area (Å²) in [7, 11) is 1.41. The molecule has 6 heterocycles. The van der Waals surface area contributed by atoms with E-state index in [2.05, 4.69) is 29.9 Å². The Labute approximate surface area is 251 Å². The molecular formula is C22H29N10O8PS2. The molecule has 2 aliphatic heterocycles. The van der Waals surface area contributed by atoms with E-state index < -0.39 is 71.7 Å².